The summed E-state index contributed by atoms with van der Waals surface area (Å²) in [5.41, 5.74) is 0.828. The molecule has 0 spiro atoms. The number of benzene rings is 4. The number of non-ortho nitro benzene ring substituents is 1. The molecular formula is C33H32N2O9S. The molecule has 0 saturated carbocycles. The number of nitro benzene ring substituents is 1. The molecule has 12 heteroatoms. The van der Waals surface area contributed by atoms with E-state index in [2.05, 4.69) is 5.32 Å². The van der Waals surface area contributed by atoms with Crippen LogP contribution in [0.15, 0.2) is 120 Å². The number of rotatable bonds is 16. The van der Waals surface area contributed by atoms with Crippen LogP contribution in [0.4, 0.5) is 5.69 Å². The highest BCUT2D eigenvalue weighted by molar-refractivity contribution is 7.86. The van der Waals surface area contributed by atoms with Gasteiger partial charge in [0.1, 0.15) is 6.04 Å². The molecule has 4 rings (SSSR count). The van der Waals surface area contributed by atoms with Crippen LogP contribution in [0.2, 0.25) is 0 Å². The fourth-order valence-electron chi connectivity index (χ4n) is 5.22. The van der Waals surface area contributed by atoms with Gasteiger partial charge in [-0.25, -0.2) is 0 Å². The molecule has 0 aliphatic heterocycles. The van der Waals surface area contributed by atoms with Crippen molar-refractivity contribution in [1.29, 1.82) is 0 Å². The molecule has 0 radical (unpaired) electrons. The van der Waals surface area contributed by atoms with Gasteiger partial charge in [0.05, 0.1) is 27.9 Å². The Balaban J connectivity index is 1.56. The Hall–Kier alpha value is -4.91. The van der Waals surface area contributed by atoms with E-state index in [4.69, 9.17) is 4.18 Å². The number of hydrogen-bond acceptors (Lipinski definition) is 8. The lowest BCUT2D eigenvalue weighted by Gasteiger charge is -2.39. The van der Waals surface area contributed by atoms with Crippen LogP contribution in [0.3, 0.4) is 0 Å². The number of carboxylic acid groups (broad SMARTS) is 2. The van der Waals surface area contributed by atoms with Gasteiger partial charge in [-0.3, -0.25) is 29.2 Å². The van der Waals surface area contributed by atoms with Gasteiger partial charge in [0.25, 0.3) is 15.8 Å². The summed E-state index contributed by atoms with van der Waals surface area (Å²) in [7, 11) is -4.25. The number of nitrogens with one attached hydrogen (secondary N) is 1. The first kappa shape index (κ1) is 33.0. The van der Waals surface area contributed by atoms with Crippen molar-refractivity contribution in [1.82, 2.24) is 5.32 Å². The Labute approximate surface area is 260 Å². The van der Waals surface area contributed by atoms with Gasteiger partial charge in [-0.05, 0) is 48.1 Å². The van der Waals surface area contributed by atoms with E-state index in [1.165, 1.54) is 0 Å². The van der Waals surface area contributed by atoms with Gasteiger partial charge >= 0.3 is 11.9 Å². The maximum absolute atomic E-state index is 12.7. The highest BCUT2D eigenvalue weighted by Gasteiger charge is 2.41. The van der Waals surface area contributed by atoms with Crippen molar-refractivity contribution in [2.75, 3.05) is 6.61 Å². The molecular weight excluding hydrogens is 600 g/mol. The standard InChI is InChI=1S/C33H32N2O9S/c36-31(37)24(11-10-22-44-45(42,43)29-20-18-28(19-21-29)35(40)41)23-30(32(38)39)34-33(25-12-4-1-5-13-25,26-14-6-2-7-15-26)27-16-8-3-9-17-27/h1-9,12-21,24,30,34H,10-11,22-23H2,(H,36,37)(H,38,39)/t24-,30+/m0/s1. The highest BCUT2D eigenvalue weighted by Crippen LogP contribution is 2.38. The summed E-state index contributed by atoms with van der Waals surface area (Å²) in [4.78, 5) is 34.9. The van der Waals surface area contributed by atoms with Crippen LogP contribution in [0, 0.1) is 16.0 Å². The van der Waals surface area contributed by atoms with E-state index >= 15 is 0 Å². The zero-order valence-electron chi connectivity index (χ0n) is 24.1. The molecule has 0 heterocycles. The number of nitrogens with zero attached hydrogens (tertiary/aromatic N) is 1. The smallest absolute Gasteiger partial charge is 0.320 e. The quantitative estimate of drug-likeness (QED) is 0.0489. The second-order valence-corrected chi connectivity index (χ2v) is 11.9. The van der Waals surface area contributed by atoms with Gasteiger partial charge in [-0.1, -0.05) is 91.0 Å². The predicted octanol–water partition coefficient (Wildman–Crippen LogP) is 5.21. The molecule has 0 aliphatic carbocycles. The lowest BCUT2D eigenvalue weighted by molar-refractivity contribution is -0.384. The summed E-state index contributed by atoms with van der Waals surface area (Å²) < 4.78 is 30.1. The largest absolute Gasteiger partial charge is 0.481 e. The summed E-state index contributed by atoms with van der Waals surface area (Å²) in [6.45, 7) is -0.365. The molecule has 0 amide bonds. The number of nitro groups is 1. The summed E-state index contributed by atoms with van der Waals surface area (Å²) in [5, 5.41) is 34.5. The zero-order chi connectivity index (χ0) is 32.5. The Bertz CT molecular complexity index is 1600. The fraction of sp³-hybridized carbons (Fsp3) is 0.212. The van der Waals surface area contributed by atoms with E-state index in [0.29, 0.717) is 0 Å². The Morgan fingerprint density at radius 2 is 1.24 bits per heavy atom. The summed E-state index contributed by atoms with van der Waals surface area (Å²) in [6, 6.07) is 30.7. The van der Waals surface area contributed by atoms with Gasteiger partial charge in [0.2, 0.25) is 0 Å². The molecule has 0 saturated heterocycles. The average molecular weight is 633 g/mol. The highest BCUT2D eigenvalue weighted by atomic mass is 32.2. The minimum absolute atomic E-state index is 0.00326. The van der Waals surface area contributed by atoms with Crippen molar-refractivity contribution < 1.29 is 37.3 Å². The summed E-state index contributed by atoms with van der Waals surface area (Å²) >= 11 is 0. The minimum Gasteiger partial charge on any atom is -0.481 e. The third-order valence-corrected chi connectivity index (χ3v) is 8.78. The van der Waals surface area contributed by atoms with Crippen LogP contribution in [-0.2, 0) is 29.4 Å². The Morgan fingerprint density at radius 3 is 1.64 bits per heavy atom. The van der Waals surface area contributed by atoms with Crippen molar-refractivity contribution in [3.8, 4) is 0 Å². The molecule has 0 bridgehead atoms. The fourth-order valence-corrected chi connectivity index (χ4v) is 6.17. The van der Waals surface area contributed by atoms with Crippen LogP contribution >= 0.6 is 0 Å². The molecule has 0 aliphatic rings. The van der Waals surface area contributed by atoms with E-state index in [-0.39, 0.29) is 36.5 Å². The number of hydrogen-bond donors (Lipinski definition) is 3. The summed E-state index contributed by atoms with van der Waals surface area (Å²) in [6.07, 6.45) is -0.365. The molecule has 45 heavy (non-hydrogen) atoms. The van der Waals surface area contributed by atoms with E-state index in [9.17, 15) is 38.3 Å². The zero-order valence-corrected chi connectivity index (χ0v) is 24.9. The second kappa shape index (κ2) is 14.7. The van der Waals surface area contributed by atoms with E-state index in [1.54, 1.807) is 0 Å². The van der Waals surface area contributed by atoms with E-state index < -0.39 is 44.5 Å². The lowest BCUT2D eigenvalue weighted by Crippen LogP contribution is -2.53. The SMILES string of the molecule is O=C(O)[C@@H](CCCOS(=O)(=O)c1ccc([N+](=O)[O-])cc1)C[C@@H](NC(c1ccccc1)(c1ccccc1)c1ccccc1)C(=O)O. The van der Waals surface area contributed by atoms with Crippen LogP contribution in [0.5, 0.6) is 0 Å². The number of carbonyl (C=O) groups is 2. The molecule has 0 unspecified atom stereocenters. The first-order valence-corrected chi connectivity index (χ1v) is 15.5. The molecule has 4 aromatic rings. The minimum atomic E-state index is -4.25. The number of carboxylic acids is 2. The molecule has 0 fully saturated rings. The molecule has 3 N–H and O–H groups in total. The molecule has 2 atom stereocenters. The van der Waals surface area contributed by atoms with Gasteiger partial charge in [0.15, 0.2) is 0 Å². The normalized spacial score (nSPS) is 13.1. The third-order valence-electron chi connectivity index (χ3n) is 7.45. The van der Waals surface area contributed by atoms with Crippen molar-refractivity contribution in [3.05, 3.63) is 142 Å². The van der Waals surface area contributed by atoms with Gasteiger partial charge in [0, 0.05) is 12.1 Å². The van der Waals surface area contributed by atoms with Crippen molar-refractivity contribution >= 4 is 27.7 Å². The molecule has 234 valence electrons. The van der Waals surface area contributed by atoms with Crippen LogP contribution in [0.1, 0.15) is 36.0 Å². The second-order valence-electron chi connectivity index (χ2n) is 10.3. The van der Waals surface area contributed by atoms with Crippen LogP contribution in [0.25, 0.3) is 0 Å². The first-order chi connectivity index (χ1) is 21.5. The maximum atomic E-state index is 12.7. The molecule has 4 aromatic carbocycles. The Kier molecular flexibility index (Phi) is 10.8. The van der Waals surface area contributed by atoms with E-state index in [1.807, 2.05) is 91.0 Å². The van der Waals surface area contributed by atoms with Crippen molar-refractivity contribution in [2.24, 2.45) is 5.92 Å². The van der Waals surface area contributed by atoms with Crippen LogP contribution in [-0.4, -0.2) is 48.1 Å². The van der Waals surface area contributed by atoms with Crippen molar-refractivity contribution in [3.63, 3.8) is 0 Å². The van der Waals surface area contributed by atoms with Gasteiger partial charge < -0.3 is 10.2 Å². The summed E-state index contributed by atoms with van der Waals surface area (Å²) in [5.74, 6) is -3.62. The average Bonchev–Trinajstić information content (AvgIpc) is 3.05. The third kappa shape index (κ3) is 7.98. The topological polar surface area (TPSA) is 173 Å². The lowest BCUT2D eigenvalue weighted by atomic mass is 9.76. The van der Waals surface area contributed by atoms with Crippen molar-refractivity contribution in [2.45, 2.75) is 35.7 Å². The Morgan fingerprint density at radius 1 is 0.778 bits per heavy atom. The monoisotopic (exact) mass is 632 g/mol. The first-order valence-electron chi connectivity index (χ1n) is 14.1. The number of aliphatic carboxylic acids is 2. The molecule has 11 nitrogen and oxygen atoms in total. The molecule has 0 aromatic heterocycles. The maximum Gasteiger partial charge on any atom is 0.320 e. The van der Waals surface area contributed by atoms with Crippen LogP contribution < -0.4 is 5.32 Å². The van der Waals surface area contributed by atoms with E-state index in [0.717, 1.165) is 41.0 Å². The van der Waals surface area contributed by atoms with Gasteiger partial charge in [-0.2, -0.15) is 8.42 Å². The predicted molar refractivity (Wildman–Crippen MR) is 165 cm³/mol. The van der Waals surface area contributed by atoms with Gasteiger partial charge in [-0.15, -0.1) is 0 Å².